The van der Waals surface area contributed by atoms with Gasteiger partial charge in [0.1, 0.15) is 0 Å². The van der Waals surface area contributed by atoms with Crippen molar-refractivity contribution in [3.8, 4) is 0 Å². The summed E-state index contributed by atoms with van der Waals surface area (Å²) in [5.74, 6) is 0.474. The minimum atomic E-state index is 0.400. The molecule has 1 aliphatic carbocycles. The summed E-state index contributed by atoms with van der Waals surface area (Å²) in [6.07, 6.45) is 5.11. The standard InChI is InChI=1S/C10H18N4OS/c1-14-9(11)12-13-10(14)16-8-5-3-4-7(6-8)15-2/h7-8H,3-6H2,1-2H3,(H2,11,12). The predicted molar refractivity (Wildman–Crippen MR) is 64.3 cm³/mol. The first-order valence-corrected chi connectivity index (χ1v) is 6.43. The van der Waals surface area contributed by atoms with Crippen molar-refractivity contribution in [2.45, 2.75) is 42.2 Å². The van der Waals surface area contributed by atoms with Gasteiger partial charge in [0.15, 0.2) is 5.16 Å². The van der Waals surface area contributed by atoms with Gasteiger partial charge >= 0.3 is 0 Å². The van der Waals surface area contributed by atoms with Crippen LogP contribution in [0.3, 0.4) is 0 Å². The number of methoxy groups -OCH3 is 1. The molecule has 16 heavy (non-hydrogen) atoms. The zero-order valence-electron chi connectivity index (χ0n) is 9.72. The third-order valence-corrected chi connectivity index (χ3v) is 4.38. The highest BCUT2D eigenvalue weighted by atomic mass is 32.2. The molecule has 0 bridgehead atoms. The number of nitrogen functional groups attached to an aromatic ring is 1. The highest BCUT2D eigenvalue weighted by molar-refractivity contribution is 7.99. The van der Waals surface area contributed by atoms with Gasteiger partial charge in [-0.1, -0.05) is 11.8 Å². The van der Waals surface area contributed by atoms with Gasteiger partial charge < -0.3 is 10.5 Å². The van der Waals surface area contributed by atoms with E-state index in [9.17, 15) is 0 Å². The SMILES string of the molecule is COC1CCCC(Sc2nnc(N)n2C)C1. The lowest BCUT2D eigenvalue weighted by molar-refractivity contribution is 0.0730. The fraction of sp³-hybridized carbons (Fsp3) is 0.800. The van der Waals surface area contributed by atoms with Gasteiger partial charge in [-0.3, -0.25) is 4.57 Å². The van der Waals surface area contributed by atoms with Crippen LogP contribution in [0.4, 0.5) is 5.95 Å². The summed E-state index contributed by atoms with van der Waals surface area (Å²) in [6.45, 7) is 0. The molecule has 0 spiro atoms. The van der Waals surface area contributed by atoms with Gasteiger partial charge in [0.25, 0.3) is 0 Å². The fourth-order valence-corrected chi connectivity index (χ4v) is 3.23. The van der Waals surface area contributed by atoms with E-state index in [0.29, 0.717) is 17.3 Å². The molecule has 1 heterocycles. The van der Waals surface area contributed by atoms with Gasteiger partial charge in [0.05, 0.1) is 6.10 Å². The zero-order valence-corrected chi connectivity index (χ0v) is 10.5. The van der Waals surface area contributed by atoms with Crippen molar-refractivity contribution in [3.05, 3.63) is 0 Å². The smallest absolute Gasteiger partial charge is 0.222 e. The van der Waals surface area contributed by atoms with Gasteiger partial charge in [0.2, 0.25) is 5.95 Å². The molecule has 6 heteroatoms. The number of hydrogen-bond acceptors (Lipinski definition) is 5. The summed E-state index contributed by atoms with van der Waals surface area (Å²) in [5, 5.41) is 9.40. The maximum atomic E-state index is 5.65. The first-order chi connectivity index (χ1) is 7.70. The Bertz CT molecular complexity index is 355. The van der Waals surface area contributed by atoms with Crippen LogP contribution in [-0.2, 0) is 11.8 Å². The number of anilines is 1. The van der Waals surface area contributed by atoms with Crippen molar-refractivity contribution in [3.63, 3.8) is 0 Å². The third kappa shape index (κ3) is 2.49. The normalized spacial score (nSPS) is 25.9. The number of aromatic nitrogens is 3. The average molecular weight is 242 g/mol. The lowest BCUT2D eigenvalue weighted by atomic mass is 9.97. The van der Waals surface area contributed by atoms with Crippen LogP contribution in [0.25, 0.3) is 0 Å². The van der Waals surface area contributed by atoms with Gasteiger partial charge in [-0.2, -0.15) is 0 Å². The minimum Gasteiger partial charge on any atom is -0.381 e. The molecule has 2 atom stereocenters. The second-order valence-electron chi connectivity index (χ2n) is 4.16. The molecular weight excluding hydrogens is 224 g/mol. The Labute approximate surface area is 99.7 Å². The molecule has 0 aliphatic heterocycles. The van der Waals surface area contributed by atoms with Gasteiger partial charge in [0, 0.05) is 19.4 Å². The van der Waals surface area contributed by atoms with E-state index in [1.165, 1.54) is 19.3 Å². The molecule has 0 amide bonds. The number of thioether (sulfide) groups is 1. The molecule has 0 radical (unpaired) electrons. The van der Waals surface area contributed by atoms with Crippen LogP contribution in [0, 0.1) is 0 Å². The Morgan fingerprint density at radius 3 is 2.88 bits per heavy atom. The van der Waals surface area contributed by atoms with E-state index in [2.05, 4.69) is 10.2 Å². The average Bonchev–Trinajstić information content (AvgIpc) is 2.61. The Hall–Kier alpha value is -0.750. The highest BCUT2D eigenvalue weighted by Gasteiger charge is 2.24. The van der Waals surface area contributed by atoms with E-state index in [0.717, 1.165) is 11.6 Å². The van der Waals surface area contributed by atoms with Gasteiger partial charge in [-0.05, 0) is 25.7 Å². The van der Waals surface area contributed by atoms with Gasteiger partial charge in [-0.15, -0.1) is 10.2 Å². The Kier molecular flexibility index (Phi) is 3.70. The van der Waals surface area contributed by atoms with Crippen molar-refractivity contribution in [1.29, 1.82) is 0 Å². The van der Waals surface area contributed by atoms with Gasteiger partial charge in [-0.25, -0.2) is 0 Å². The summed E-state index contributed by atoms with van der Waals surface area (Å²) in [4.78, 5) is 0. The fourth-order valence-electron chi connectivity index (χ4n) is 2.00. The van der Waals surface area contributed by atoms with Crippen molar-refractivity contribution < 1.29 is 4.74 Å². The molecule has 0 aromatic carbocycles. The van der Waals surface area contributed by atoms with Crippen LogP contribution in [0.1, 0.15) is 25.7 Å². The summed E-state index contributed by atoms with van der Waals surface area (Å²) in [7, 11) is 3.69. The molecule has 90 valence electrons. The van der Waals surface area contributed by atoms with Crippen LogP contribution in [0.2, 0.25) is 0 Å². The van der Waals surface area contributed by atoms with E-state index >= 15 is 0 Å². The maximum Gasteiger partial charge on any atom is 0.222 e. The molecule has 1 saturated carbocycles. The van der Waals surface area contributed by atoms with Crippen molar-refractivity contribution in [2.24, 2.45) is 7.05 Å². The maximum absolute atomic E-state index is 5.65. The summed E-state index contributed by atoms with van der Waals surface area (Å²) < 4.78 is 7.25. The molecule has 1 aromatic rings. The first kappa shape index (κ1) is 11.7. The second-order valence-corrected chi connectivity index (χ2v) is 5.43. The summed E-state index contributed by atoms with van der Waals surface area (Å²) >= 11 is 1.76. The zero-order chi connectivity index (χ0) is 11.5. The minimum absolute atomic E-state index is 0.400. The third-order valence-electron chi connectivity index (χ3n) is 3.05. The lowest BCUT2D eigenvalue weighted by Crippen LogP contribution is -2.23. The lowest BCUT2D eigenvalue weighted by Gasteiger charge is -2.27. The molecule has 2 N–H and O–H groups in total. The summed E-state index contributed by atoms with van der Waals surface area (Å²) in [6, 6.07) is 0. The Morgan fingerprint density at radius 1 is 1.44 bits per heavy atom. The molecule has 0 saturated heterocycles. The number of rotatable bonds is 3. The molecule has 1 fully saturated rings. The molecule has 1 aromatic heterocycles. The van der Waals surface area contributed by atoms with E-state index in [4.69, 9.17) is 10.5 Å². The molecule has 2 unspecified atom stereocenters. The number of nitrogens with zero attached hydrogens (tertiary/aromatic N) is 3. The van der Waals surface area contributed by atoms with E-state index in [1.54, 1.807) is 18.9 Å². The first-order valence-electron chi connectivity index (χ1n) is 5.55. The van der Waals surface area contributed by atoms with Crippen LogP contribution in [0.15, 0.2) is 5.16 Å². The van der Waals surface area contributed by atoms with E-state index in [1.807, 2.05) is 11.6 Å². The molecule has 1 aliphatic rings. The quantitative estimate of drug-likeness (QED) is 0.869. The van der Waals surface area contributed by atoms with Crippen LogP contribution in [0.5, 0.6) is 0 Å². The van der Waals surface area contributed by atoms with Crippen molar-refractivity contribution in [2.75, 3.05) is 12.8 Å². The topological polar surface area (TPSA) is 66.0 Å². The van der Waals surface area contributed by atoms with E-state index in [-0.39, 0.29) is 0 Å². The number of nitrogens with two attached hydrogens (primary N) is 1. The van der Waals surface area contributed by atoms with Crippen molar-refractivity contribution in [1.82, 2.24) is 14.8 Å². The number of hydrogen-bond donors (Lipinski definition) is 1. The Balaban J connectivity index is 1.96. The number of ether oxygens (including phenoxy) is 1. The van der Waals surface area contributed by atoms with E-state index < -0.39 is 0 Å². The second kappa shape index (κ2) is 5.05. The largest absolute Gasteiger partial charge is 0.381 e. The molecular formula is C10H18N4OS. The molecule has 2 rings (SSSR count). The van der Waals surface area contributed by atoms with Crippen LogP contribution < -0.4 is 5.73 Å². The van der Waals surface area contributed by atoms with Crippen LogP contribution in [-0.4, -0.2) is 33.2 Å². The van der Waals surface area contributed by atoms with Crippen LogP contribution >= 0.6 is 11.8 Å². The monoisotopic (exact) mass is 242 g/mol. The summed E-state index contributed by atoms with van der Waals surface area (Å²) in [5.41, 5.74) is 5.65. The predicted octanol–water partition coefficient (Wildman–Crippen LogP) is 1.45. The highest BCUT2D eigenvalue weighted by Crippen LogP contribution is 2.33. The van der Waals surface area contributed by atoms with Crippen molar-refractivity contribution >= 4 is 17.7 Å². The Morgan fingerprint density at radius 2 is 2.25 bits per heavy atom. The molecule has 5 nitrogen and oxygen atoms in total.